The molecule has 2 rings (SSSR count). The maximum atomic E-state index is 10.8. The number of hydrogen-bond donors (Lipinski definition) is 2. The summed E-state index contributed by atoms with van der Waals surface area (Å²) in [5, 5.41) is 8.84. The van der Waals surface area contributed by atoms with E-state index in [9.17, 15) is 4.79 Å². The van der Waals surface area contributed by atoms with Crippen molar-refractivity contribution in [2.24, 2.45) is 0 Å². The highest BCUT2D eigenvalue weighted by Gasteiger charge is 2.12. The molecule has 0 aliphatic rings. The standard InChI is InChI=1S/C19H24N2O3/c1-14(21(2)12-19(22)23)11-15-7-9-17(10-8-15)24-13-16-5-3-4-6-18(16)20/h3-10,14H,11-13,20H2,1-2H3,(H,22,23). The molecular formula is C19H24N2O3. The number of carbonyl (C=O) groups is 1. The molecule has 0 heterocycles. The number of anilines is 1. The highest BCUT2D eigenvalue weighted by molar-refractivity contribution is 5.69. The molecule has 0 saturated heterocycles. The van der Waals surface area contributed by atoms with Crippen LogP contribution >= 0.6 is 0 Å². The Morgan fingerprint density at radius 2 is 1.88 bits per heavy atom. The molecule has 0 fully saturated rings. The monoisotopic (exact) mass is 328 g/mol. The van der Waals surface area contributed by atoms with Gasteiger partial charge in [-0.1, -0.05) is 30.3 Å². The van der Waals surface area contributed by atoms with Crippen LogP contribution in [0.5, 0.6) is 5.75 Å². The molecule has 5 heteroatoms. The summed E-state index contributed by atoms with van der Waals surface area (Å²) in [6.07, 6.45) is 0.787. The highest BCUT2D eigenvalue weighted by Crippen LogP contribution is 2.18. The normalized spacial score (nSPS) is 12.1. The number of rotatable bonds is 8. The molecule has 24 heavy (non-hydrogen) atoms. The Balaban J connectivity index is 1.88. The van der Waals surface area contributed by atoms with E-state index in [1.807, 2.05) is 67.4 Å². The van der Waals surface area contributed by atoms with Gasteiger partial charge in [-0.2, -0.15) is 0 Å². The molecule has 0 amide bonds. The fraction of sp³-hybridized carbons (Fsp3) is 0.316. The van der Waals surface area contributed by atoms with Gasteiger partial charge >= 0.3 is 5.97 Å². The van der Waals surface area contributed by atoms with Crippen molar-refractivity contribution >= 4 is 11.7 Å². The zero-order valence-electron chi connectivity index (χ0n) is 14.1. The molecule has 3 N–H and O–H groups in total. The second-order valence-electron chi connectivity index (χ2n) is 5.99. The summed E-state index contributed by atoms with van der Waals surface area (Å²) >= 11 is 0. The number of likely N-dealkylation sites (N-methyl/N-ethyl adjacent to an activating group) is 1. The van der Waals surface area contributed by atoms with Crippen molar-refractivity contribution in [2.75, 3.05) is 19.3 Å². The Labute approximate surface area is 142 Å². The number of benzene rings is 2. The third-order valence-electron chi connectivity index (χ3n) is 4.04. The van der Waals surface area contributed by atoms with Gasteiger partial charge in [-0.25, -0.2) is 0 Å². The van der Waals surface area contributed by atoms with E-state index in [2.05, 4.69) is 0 Å². The lowest BCUT2D eigenvalue weighted by atomic mass is 10.1. The minimum Gasteiger partial charge on any atom is -0.489 e. The quantitative estimate of drug-likeness (QED) is 0.729. The number of aliphatic carboxylic acids is 1. The van der Waals surface area contributed by atoms with Crippen molar-refractivity contribution in [3.63, 3.8) is 0 Å². The van der Waals surface area contributed by atoms with E-state index in [1.54, 1.807) is 0 Å². The molecule has 0 radical (unpaired) electrons. The number of ether oxygens (including phenoxy) is 1. The lowest BCUT2D eigenvalue weighted by Gasteiger charge is -2.22. The van der Waals surface area contributed by atoms with Crippen molar-refractivity contribution in [3.05, 3.63) is 59.7 Å². The van der Waals surface area contributed by atoms with E-state index in [0.29, 0.717) is 6.61 Å². The number of nitrogens with zero attached hydrogens (tertiary/aromatic N) is 1. The van der Waals surface area contributed by atoms with Crippen LogP contribution in [0, 0.1) is 0 Å². The summed E-state index contributed by atoms with van der Waals surface area (Å²) in [5.74, 6) is -0.0261. The number of para-hydroxylation sites is 1. The van der Waals surface area contributed by atoms with Crippen LogP contribution in [0.3, 0.4) is 0 Å². The van der Waals surface area contributed by atoms with Crippen molar-refractivity contribution in [3.8, 4) is 5.75 Å². The average Bonchev–Trinajstić information content (AvgIpc) is 2.55. The minimum absolute atomic E-state index is 0.0425. The first-order chi connectivity index (χ1) is 11.5. The van der Waals surface area contributed by atoms with Gasteiger partial charge < -0.3 is 15.6 Å². The van der Waals surface area contributed by atoms with E-state index in [-0.39, 0.29) is 12.6 Å². The molecule has 0 bridgehead atoms. The van der Waals surface area contributed by atoms with Crippen LogP contribution in [0.1, 0.15) is 18.1 Å². The van der Waals surface area contributed by atoms with Crippen molar-refractivity contribution in [1.29, 1.82) is 0 Å². The molecular weight excluding hydrogens is 304 g/mol. The number of nitrogen functional groups attached to an aromatic ring is 1. The highest BCUT2D eigenvalue weighted by atomic mass is 16.5. The predicted octanol–water partition coefficient (Wildman–Crippen LogP) is 2.80. The predicted molar refractivity (Wildman–Crippen MR) is 95.1 cm³/mol. The number of carboxylic acids is 1. The SMILES string of the molecule is CC(Cc1ccc(OCc2ccccc2N)cc1)N(C)CC(=O)O. The molecule has 5 nitrogen and oxygen atoms in total. The van der Waals surface area contributed by atoms with Gasteiger partial charge in [-0.15, -0.1) is 0 Å². The van der Waals surface area contributed by atoms with Crippen LogP contribution in [-0.4, -0.2) is 35.6 Å². The van der Waals surface area contributed by atoms with Gasteiger partial charge in [0, 0.05) is 17.3 Å². The maximum absolute atomic E-state index is 10.8. The number of nitrogens with two attached hydrogens (primary N) is 1. The van der Waals surface area contributed by atoms with Gasteiger partial charge in [-0.05, 0) is 44.2 Å². The second kappa shape index (κ2) is 8.36. The van der Waals surface area contributed by atoms with Gasteiger partial charge in [0.2, 0.25) is 0 Å². The van der Waals surface area contributed by atoms with Crippen LogP contribution in [-0.2, 0) is 17.8 Å². The molecule has 128 valence electrons. The lowest BCUT2D eigenvalue weighted by Crippen LogP contribution is -2.35. The molecule has 0 aromatic heterocycles. The first kappa shape index (κ1) is 17.8. The van der Waals surface area contributed by atoms with E-state index in [0.717, 1.165) is 29.0 Å². The van der Waals surface area contributed by atoms with Gasteiger partial charge in [-0.3, -0.25) is 9.69 Å². The first-order valence-electron chi connectivity index (χ1n) is 7.93. The zero-order valence-corrected chi connectivity index (χ0v) is 14.1. The van der Waals surface area contributed by atoms with Crippen LogP contribution in [0.4, 0.5) is 5.69 Å². The Hall–Kier alpha value is -2.53. The summed E-state index contributed by atoms with van der Waals surface area (Å²) in [5.41, 5.74) is 8.73. The summed E-state index contributed by atoms with van der Waals surface area (Å²) in [4.78, 5) is 12.6. The van der Waals surface area contributed by atoms with E-state index in [4.69, 9.17) is 15.6 Å². The smallest absolute Gasteiger partial charge is 0.317 e. The molecule has 1 unspecified atom stereocenters. The van der Waals surface area contributed by atoms with Crippen LogP contribution in [0.15, 0.2) is 48.5 Å². The topological polar surface area (TPSA) is 75.8 Å². The Morgan fingerprint density at radius 3 is 2.50 bits per heavy atom. The van der Waals surface area contributed by atoms with E-state index >= 15 is 0 Å². The Morgan fingerprint density at radius 1 is 1.21 bits per heavy atom. The molecule has 0 spiro atoms. The zero-order chi connectivity index (χ0) is 17.5. The average molecular weight is 328 g/mol. The van der Waals surface area contributed by atoms with Crippen molar-refractivity contribution in [2.45, 2.75) is 26.0 Å². The number of carboxylic acid groups (broad SMARTS) is 1. The van der Waals surface area contributed by atoms with Gasteiger partial charge in [0.15, 0.2) is 0 Å². The fourth-order valence-corrected chi connectivity index (χ4v) is 2.41. The Bertz CT molecular complexity index is 671. The molecule has 2 aromatic carbocycles. The van der Waals surface area contributed by atoms with Crippen molar-refractivity contribution in [1.82, 2.24) is 4.90 Å². The number of hydrogen-bond acceptors (Lipinski definition) is 4. The summed E-state index contributed by atoms with van der Waals surface area (Å²) < 4.78 is 5.76. The molecule has 0 aliphatic carbocycles. The van der Waals surface area contributed by atoms with Crippen molar-refractivity contribution < 1.29 is 14.6 Å². The first-order valence-corrected chi connectivity index (χ1v) is 7.93. The van der Waals surface area contributed by atoms with Gasteiger partial charge in [0.1, 0.15) is 12.4 Å². The van der Waals surface area contributed by atoms with Crippen LogP contribution in [0.2, 0.25) is 0 Å². The summed E-state index contributed by atoms with van der Waals surface area (Å²) in [6.45, 7) is 2.50. The van der Waals surface area contributed by atoms with Gasteiger partial charge in [0.25, 0.3) is 0 Å². The lowest BCUT2D eigenvalue weighted by molar-refractivity contribution is -0.138. The summed E-state index contributed by atoms with van der Waals surface area (Å²) in [7, 11) is 1.82. The van der Waals surface area contributed by atoms with Gasteiger partial charge in [0.05, 0.1) is 6.54 Å². The second-order valence-corrected chi connectivity index (χ2v) is 5.99. The Kier molecular flexibility index (Phi) is 6.21. The van der Waals surface area contributed by atoms with E-state index in [1.165, 1.54) is 0 Å². The molecule has 0 aliphatic heterocycles. The molecule has 2 aromatic rings. The molecule has 1 atom stereocenters. The third-order valence-corrected chi connectivity index (χ3v) is 4.04. The largest absolute Gasteiger partial charge is 0.489 e. The third kappa shape index (κ3) is 5.28. The van der Waals surface area contributed by atoms with Crippen LogP contribution in [0.25, 0.3) is 0 Å². The minimum atomic E-state index is -0.812. The fourth-order valence-electron chi connectivity index (χ4n) is 2.41. The van der Waals surface area contributed by atoms with Crippen LogP contribution < -0.4 is 10.5 Å². The molecule has 0 saturated carbocycles. The summed E-state index contributed by atoms with van der Waals surface area (Å²) in [6, 6.07) is 15.7. The van der Waals surface area contributed by atoms with E-state index < -0.39 is 5.97 Å². The maximum Gasteiger partial charge on any atom is 0.317 e.